The minimum absolute atomic E-state index is 0.737. The third-order valence-corrected chi connectivity index (χ3v) is 5.09. The molecule has 98 valence electrons. The lowest BCUT2D eigenvalue weighted by molar-refractivity contribution is 0.215. The molecule has 17 heavy (non-hydrogen) atoms. The molecule has 3 heteroatoms. The van der Waals surface area contributed by atoms with E-state index in [2.05, 4.69) is 22.0 Å². The van der Waals surface area contributed by atoms with Crippen molar-refractivity contribution < 1.29 is 0 Å². The third kappa shape index (κ3) is 2.67. The van der Waals surface area contributed by atoms with Crippen molar-refractivity contribution >= 4 is 0 Å². The fraction of sp³-hybridized carbons (Fsp3) is 1.00. The Labute approximate surface area is 106 Å². The van der Waals surface area contributed by atoms with E-state index >= 15 is 0 Å². The Morgan fingerprint density at radius 2 is 1.94 bits per heavy atom. The smallest absolute Gasteiger partial charge is 0.0235 e. The molecule has 3 aliphatic rings. The van der Waals surface area contributed by atoms with Crippen molar-refractivity contribution in [2.45, 2.75) is 44.7 Å². The molecular formula is C14H27N3. The summed E-state index contributed by atoms with van der Waals surface area (Å²) in [7, 11) is 0. The van der Waals surface area contributed by atoms with E-state index in [1.807, 2.05) is 0 Å². The van der Waals surface area contributed by atoms with Gasteiger partial charge < -0.3 is 10.2 Å². The number of nitrogens with zero attached hydrogens (tertiary/aromatic N) is 2. The van der Waals surface area contributed by atoms with Crippen LogP contribution in [0.15, 0.2) is 0 Å². The minimum atomic E-state index is 0.737. The van der Waals surface area contributed by atoms with E-state index in [0.717, 1.165) is 18.0 Å². The van der Waals surface area contributed by atoms with Crippen LogP contribution >= 0.6 is 0 Å². The highest BCUT2D eigenvalue weighted by molar-refractivity contribution is 4.89. The fourth-order valence-corrected chi connectivity index (χ4v) is 3.88. The molecular weight excluding hydrogens is 210 g/mol. The zero-order valence-electron chi connectivity index (χ0n) is 11.2. The molecule has 0 saturated carbocycles. The Balaban J connectivity index is 1.46. The average Bonchev–Trinajstić information content (AvgIpc) is 3.02. The van der Waals surface area contributed by atoms with E-state index in [1.54, 1.807) is 0 Å². The second-order valence-electron chi connectivity index (χ2n) is 6.24. The largest absolute Gasteiger partial charge is 0.314 e. The molecule has 3 fully saturated rings. The van der Waals surface area contributed by atoms with Gasteiger partial charge in [-0.15, -0.1) is 0 Å². The molecule has 3 rings (SSSR count). The van der Waals surface area contributed by atoms with E-state index in [0.29, 0.717) is 0 Å². The maximum absolute atomic E-state index is 3.57. The Kier molecular flexibility index (Phi) is 3.69. The first-order valence-corrected chi connectivity index (χ1v) is 7.53. The van der Waals surface area contributed by atoms with Gasteiger partial charge in [0, 0.05) is 25.2 Å². The highest BCUT2D eigenvalue weighted by Crippen LogP contribution is 2.23. The minimum Gasteiger partial charge on any atom is -0.314 e. The molecule has 0 aromatic rings. The van der Waals surface area contributed by atoms with Gasteiger partial charge in [-0.05, 0) is 64.7 Å². The van der Waals surface area contributed by atoms with Crippen molar-refractivity contribution in [3.63, 3.8) is 0 Å². The van der Waals surface area contributed by atoms with Gasteiger partial charge in [0.05, 0.1) is 0 Å². The summed E-state index contributed by atoms with van der Waals surface area (Å²) >= 11 is 0. The molecule has 0 aromatic carbocycles. The van der Waals surface area contributed by atoms with Crippen molar-refractivity contribution in [3.8, 4) is 0 Å². The maximum Gasteiger partial charge on any atom is 0.0235 e. The molecule has 3 saturated heterocycles. The predicted molar refractivity (Wildman–Crippen MR) is 71.2 cm³/mol. The molecule has 3 aliphatic heterocycles. The predicted octanol–water partition coefficient (Wildman–Crippen LogP) is 1.15. The van der Waals surface area contributed by atoms with Crippen molar-refractivity contribution in [2.24, 2.45) is 5.92 Å². The van der Waals surface area contributed by atoms with Crippen LogP contribution < -0.4 is 5.32 Å². The molecule has 0 radical (unpaired) electrons. The van der Waals surface area contributed by atoms with Crippen LogP contribution in [0.5, 0.6) is 0 Å². The second kappa shape index (κ2) is 5.25. The van der Waals surface area contributed by atoms with Gasteiger partial charge in [0.25, 0.3) is 0 Å². The fourth-order valence-electron chi connectivity index (χ4n) is 3.88. The highest BCUT2D eigenvalue weighted by atomic mass is 15.3. The van der Waals surface area contributed by atoms with E-state index in [1.165, 1.54) is 65.0 Å². The van der Waals surface area contributed by atoms with Gasteiger partial charge >= 0.3 is 0 Å². The number of likely N-dealkylation sites (tertiary alicyclic amines) is 2. The molecule has 0 aromatic heterocycles. The first kappa shape index (κ1) is 11.9. The van der Waals surface area contributed by atoms with Crippen molar-refractivity contribution in [3.05, 3.63) is 0 Å². The normalized spacial score (nSPS) is 40.4. The second-order valence-corrected chi connectivity index (χ2v) is 6.24. The third-order valence-electron chi connectivity index (χ3n) is 5.09. The Bertz CT molecular complexity index is 250. The quantitative estimate of drug-likeness (QED) is 0.794. The monoisotopic (exact) mass is 237 g/mol. The van der Waals surface area contributed by atoms with E-state index in [9.17, 15) is 0 Å². The first-order valence-electron chi connectivity index (χ1n) is 7.53. The summed E-state index contributed by atoms with van der Waals surface area (Å²) in [6.07, 6.45) is 5.65. The number of hydrogen-bond donors (Lipinski definition) is 1. The lowest BCUT2D eigenvalue weighted by Gasteiger charge is -2.26. The zero-order chi connectivity index (χ0) is 11.7. The summed E-state index contributed by atoms with van der Waals surface area (Å²) in [5.41, 5.74) is 0. The topological polar surface area (TPSA) is 18.5 Å². The molecule has 1 N–H and O–H groups in total. The first-order chi connectivity index (χ1) is 8.33. The highest BCUT2D eigenvalue weighted by Gasteiger charge is 2.32. The van der Waals surface area contributed by atoms with Crippen molar-refractivity contribution in [1.82, 2.24) is 15.1 Å². The van der Waals surface area contributed by atoms with Crippen molar-refractivity contribution in [1.29, 1.82) is 0 Å². The van der Waals surface area contributed by atoms with Gasteiger partial charge in [-0.3, -0.25) is 4.90 Å². The van der Waals surface area contributed by atoms with Gasteiger partial charge in [0.1, 0.15) is 0 Å². The van der Waals surface area contributed by atoms with Crippen LogP contribution in [0, 0.1) is 5.92 Å². The van der Waals surface area contributed by atoms with Crippen LogP contribution in [0.1, 0.15) is 32.6 Å². The van der Waals surface area contributed by atoms with Gasteiger partial charge in [-0.25, -0.2) is 0 Å². The van der Waals surface area contributed by atoms with Crippen LogP contribution in [-0.4, -0.2) is 61.2 Å². The van der Waals surface area contributed by atoms with E-state index < -0.39 is 0 Å². The Morgan fingerprint density at radius 3 is 2.65 bits per heavy atom. The van der Waals surface area contributed by atoms with Crippen molar-refractivity contribution in [2.75, 3.05) is 39.3 Å². The molecule has 0 bridgehead atoms. The summed E-state index contributed by atoms with van der Waals surface area (Å²) in [6.45, 7) is 10.3. The number of rotatable bonds is 3. The van der Waals surface area contributed by atoms with Crippen LogP contribution in [0.2, 0.25) is 0 Å². The summed E-state index contributed by atoms with van der Waals surface area (Å²) in [5, 5.41) is 3.57. The van der Waals surface area contributed by atoms with Gasteiger partial charge in [-0.1, -0.05) is 0 Å². The summed E-state index contributed by atoms with van der Waals surface area (Å²) in [4.78, 5) is 5.45. The molecule has 3 nitrogen and oxygen atoms in total. The molecule has 3 heterocycles. The SMILES string of the molecule is CC1NCCC1CN1CCC(N2CCCC2)C1. The molecule has 0 amide bonds. The standard InChI is InChI=1S/C14H27N3/c1-12-13(4-6-15-12)10-16-9-5-14(11-16)17-7-2-3-8-17/h12-15H,2-11H2,1H3. The molecule has 0 aliphatic carbocycles. The van der Waals surface area contributed by atoms with Crippen LogP contribution in [0.25, 0.3) is 0 Å². The van der Waals surface area contributed by atoms with Gasteiger partial charge in [0.15, 0.2) is 0 Å². The van der Waals surface area contributed by atoms with Gasteiger partial charge in [-0.2, -0.15) is 0 Å². The van der Waals surface area contributed by atoms with E-state index in [-0.39, 0.29) is 0 Å². The number of hydrogen-bond acceptors (Lipinski definition) is 3. The lowest BCUT2D eigenvalue weighted by Crippen LogP contribution is -2.38. The van der Waals surface area contributed by atoms with E-state index in [4.69, 9.17) is 0 Å². The Hall–Kier alpha value is -0.120. The van der Waals surface area contributed by atoms with Crippen LogP contribution in [-0.2, 0) is 0 Å². The Morgan fingerprint density at radius 1 is 1.12 bits per heavy atom. The lowest BCUT2D eigenvalue weighted by atomic mass is 10.0. The van der Waals surface area contributed by atoms with Crippen LogP contribution in [0.3, 0.4) is 0 Å². The number of nitrogens with one attached hydrogen (secondary N) is 1. The molecule has 3 atom stereocenters. The molecule has 3 unspecified atom stereocenters. The maximum atomic E-state index is 3.57. The summed E-state index contributed by atoms with van der Waals surface area (Å²) in [6, 6.07) is 1.61. The summed E-state index contributed by atoms with van der Waals surface area (Å²) < 4.78 is 0. The van der Waals surface area contributed by atoms with Gasteiger partial charge in [0.2, 0.25) is 0 Å². The summed E-state index contributed by atoms with van der Waals surface area (Å²) in [5.74, 6) is 0.896. The van der Waals surface area contributed by atoms with Crippen LogP contribution in [0.4, 0.5) is 0 Å². The zero-order valence-corrected chi connectivity index (χ0v) is 11.2. The molecule has 0 spiro atoms. The average molecular weight is 237 g/mol.